The Morgan fingerprint density at radius 2 is 1.11 bits per heavy atom. The quantitative estimate of drug-likeness (QED) is 0.142. The second kappa shape index (κ2) is 19.8. The smallest absolute Gasteiger partial charge is 0.135 e. The van der Waals surface area contributed by atoms with E-state index in [9.17, 15) is 0 Å². The zero-order valence-electron chi connectivity index (χ0n) is 49.3. The van der Waals surface area contributed by atoms with Gasteiger partial charge in [-0.05, 0) is 109 Å². The molecule has 0 N–H and O–H groups in total. The molecule has 0 amide bonds. The van der Waals surface area contributed by atoms with Gasteiger partial charge in [-0.3, -0.25) is 0 Å². The molecule has 0 bridgehead atoms. The van der Waals surface area contributed by atoms with Gasteiger partial charge in [-0.25, -0.2) is 4.98 Å². The number of hydrogen-bond acceptors (Lipinski definition) is 4. The summed E-state index contributed by atoms with van der Waals surface area (Å²) in [4.78, 5) is 9.46. The number of nitrogens with zero attached hydrogens (tertiary/aromatic N) is 4. The predicted molar refractivity (Wildman–Crippen MR) is 340 cm³/mol. The van der Waals surface area contributed by atoms with Crippen molar-refractivity contribution in [2.45, 2.75) is 38.5 Å². The molecule has 3 aliphatic rings. The summed E-state index contributed by atoms with van der Waals surface area (Å²) >= 11 is 0. The van der Waals surface area contributed by atoms with Crippen LogP contribution in [-0.4, -0.2) is 9.55 Å². The third-order valence-electron chi connectivity index (χ3n) is 17.2. The van der Waals surface area contributed by atoms with Gasteiger partial charge in [0.25, 0.3) is 0 Å². The fraction of sp³-hybridized carbons (Fsp3) is 0.0769. The number of para-hydroxylation sites is 4. The number of aromatic nitrogens is 2. The van der Waals surface area contributed by atoms with Crippen LogP contribution in [0.2, 0.25) is 0 Å². The Hall–Kier alpha value is -9.54. The molecular formula is C78H55N4OPt-3. The number of aryl methyl sites for hydroxylation is 1. The summed E-state index contributed by atoms with van der Waals surface area (Å²) in [6, 6.07) is 95.3. The van der Waals surface area contributed by atoms with Gasteiger partial charge < -0.3 is 19.1 Å². The van der Waals surface area contributed by atoms with Crippen molar-refractivity contribution in [2.75, 3.05) is 9.80 Å². The Morgan fingerprint density at radius 3 is 1.85 bits per heavy atom. The van der Waals surface area contributed by atoms with Crippen LogP contribution < -0.4 is 14.5 Å². The van der Waals surface area contributed by atoms with Crippen molar-refractivity contribution < 1.29 is 29.9 Å². The van der Waals surface area contributed by atoms with Gasteiger partial charge in [0, 0.05) is 76.6 Å². The maximum absolute atomic E-state index is 8.48. The summed E-state index contributed by atoms with van der Waals surface area (Å²) in [5.41, 5.74) is 21.8. The number of hydrogen-bond donors (Lipinski definition) is 0. The minimum Gasteiger partial charge on any atom is -0.509 e. The maximum atomic E-state index is 8.48. The van der Waals surface area contributed by atoms with E-state index in [0.717, 1.165) is 94.6 Å². The van der Waals surface area contributed by atoms with Crippen molar-refractivity contribution in [2.24, 2.45) is 0 Å². The van der Waals surface area contributed by atoms with E-state index < -0.39 is 12.3 Å². The van der Waals surface area contributed by atoms with Gasteiger partial charge in [-0.2, -0.15) is 6.07 Å². The van der Waals surface area contributed by atoms with Crippen molar-refractivity contribution in [3.05, 3.63) is 307 Å². The van der Waals surface area contributed by atoms with E-state index in [1.54, 1.807) is 18.3 Å². The first kappa shape index (κ1) is 48.0. The van der Waals surface area contributed by atoms with Crippen LogP contribution in [0.15, 0.2) is 255 Å². The number of fused-ring (bicyclic) bond motifs is 15. The number of ether oxygens (including phenoxy) is 1. The molecule has 2 aromatic heterocycles. The largest absolute Gasteiger partial charge is 0.509 e. The molecule has 0 atom stereocenters. The van der Waals surface area contributed by atoms with E-state index in [0.29, 0.717) is 17.3 Å². The zero-order chi connectivity index (χ0) is 58.1. The standard InChI is InChI=1S/C78H55N4O.Pt/c1-50-43-44-79-72(45-50)82-67-36-15-11-30-63(67)73-70(82)48-71(74-62-29-10-14-35-66(62)78(75(73)74)64-33-12-8-27-60(64)61-28-9-13-34-65(61)78)83-57-26-19-25-56(47-57)80-49-81(69-38-17-16-37-68(69)80)76-58(53-41-39-52(40-42-53)51-21-6-5-7-22-51)31-20-32-59(76)54-23-18-24-55(46-54)77(2,3)4;/h5-46,49H,1-4H3;/q-3;/i1D3;. The fourth-order valence-corrected chi connectivity index (χ4v) is 13.6. The van der Waals surface area contributed by atoms with Crippen LogP contribution in [0.4, 0.5) is 22.7 Å². The molecule has 6 heteroatoms. The molecule has 0 saturated carbocycles. The summed E-state index contributed by atoms with van der Waals surface area (Å²) < 4.78 is 35.0. The van der Waals surface area contributed by atoms with Crippen molar-refractivity contribution in [3.63, 3.8) is 0 Å². The Morgan fingerprint density at radius 1 is 0.524 bits per heavy atom. The topological polar surface area (TPSA) is 33.5 Å². The SMILES string of the molecule is [2H]C([2H])([2H])c1ccnc(-n2c3[c-]c(Oc4[c-]c(N5[CH-]N(c6c(-c7ccc(-c8ccccc8)cc7)cccc6-c6cccc(C(C)(C)C)c6)c6ccccc65)ccc4)c4c(c3c3ccccc32)C2(c3ccccc3-c3ccccc32)c2ccccc2-4)c1.[Pt]. The van der Waals surface area contributed by atoms with E-state index in [1.807, 2.05) is 18.2 Å². The molecule has 2 aliphatic carbocycles. The molecule has 5 nitrogen and oxygen atoms in total. The molecule has 3 heterocycles. The van der Waals surface area contributed by atoms with Crippen LogP contribution in [-0.2, 0) is 31.9 Å². The minimum atomic E-state index is -2.36. The molecule has 0 unspecified atom stereocenters. The molecule has 0 saturated heterocycles. The minimum absolute atomic E-state index is 0. The van der Waals surface area contributed by atoms with E-state index in [2.05, 4.69) is 272 Å². The van der Waals surface area contributed by atoms with Crippen LogP contribution in [0.25, 0.3) is 83.3 Å². The van der Waals surface area contributed by atoms with Crippen LogP contribution in [0.1, 0.15) is 58.3 Å². The first-order chi connectivity index (χ1) is 41.9. The number of pyridine rings is 1. The number of rotatable bonds is 8. The van der Waals surface area contributed by atoms with Crippen molar-refractivity contribution >= 4 is 44.6 Å². The summed E-state index contributed by atoms with van der Waals surface area (Å²) in [5, 5.41) is 1.98. The Balaban J connectivity index is 0.00000638. The van der Waals surface area contributed by atoms with Gasteiger partial charge in [-0.15, -0.1) is 42.2 Å². The van der Waals surface area contributed by atoms with Crippen LogP contribution in [0.3, 0.4) is 0 Å². The second-order valence-corrected chi connectivity index (χ2v) is 22.9. The fourth-order valence-electron chi connectivity index (χ4n) is 13.6. The average Bonchev–Trinajstić information content (AvgIpc) is 1.50. The van der Waals surface area contributed by atoms with Crippen LogP contribution >= 0.6 is 0 Å². The molecular weight excluding hydrogens is 1200 g/mol. The van der Waals surface area contributed by atoms with Crippen molar-refractivity contribution in [3.8, 4) is 73.0 Å². The van der Waals surface area contributed by atoms with Gasteiger partial charge in [0.15, 0.2) is 0 Å². The van der Waals surface area contributed by atoms with Gasteiger partial charge >= 0.3 is 0 Å². The van der Waals surface area contributed by atoms with E-state index >= 15 is 0 Å². The molecule has 0 fully saturated rings. The third kappa shape index (κ3) is 7.82. The molecule has 0 radical (unpaired) electrons. The summed E-state index contributed by atoms with van der Waals surface area (Å²) in [6.07, 6.45) is 1.59. The summed E-state index contributed by atoms with van der Waals surface area (Å²) in [6.45, 7) is 6.63. The number of anilines is 4. The second-order valence-electron chi connectivity index (χ2n) is 22.9. The number of benzene rings is 11. The Kier molecular flexibility index (Phi) is 11.3. The Labute approximate surface area is 509 Å². The van der Waals surface area contributed by atoms with Crippen LogP contribution in [0.5, 0.6) is 11.5 Å². The molecule has 1 spiro atoms. The van der Waals surface area contributed by atoms with Crippen molar-refractivity contribution in [1.82, 2.24) is 9.55 Å². The maximum Gasteiger partial charge on any atom is 0.135 e. The monoisotopic (exact) mass is 1260 g/mol. The van der Waals surface area contributed by atoms with Crippen molar-refractivity contribution in [1.29, 1.82) is 0 Å². The molecule has 406 valence electrons. The molecule has 1 aliphatic heterocycles. The predicted octanol–water partition coefficient (Wildman–Crippen LogP) is 19.9. The molecule has 16 rings (SSSR count). The van der Waals surface area contributed by atoms with Gasteiger partial charge in [0.1, 0.15) is 5.82 Å². The molecule has 13 aromatic rings. The average molecular weight is 1260 g/mol. The summed E-state index contributed by atoms with van der Waals surface area (Å²) in [7, 11) is 0. The first-order valence-electron chi connectivity index (χ1n) is 29.8. The Bertz CT molecular complexity index is 4840. The van der Waals surface area contributed by atoms with Crippen LogP contribution in [0, 0.1) is 25.7 Å². The van der Waals surface area contributed by atoms with E-state index in [-0.39, 0.29) is 32.0 Å². The normalized spacial score (nSPS) is 14.1. The van der Waals surface area contributed by atoms with Gasteiger partial charge in [0.2, 0.25) is 0 Å². The van der Waals surface area contributed by atoms with E-state index in [4.69, 9.17) is 13.8 Å². The summed E-state index contributed by atoms with van der Waals surface area (Å²) in [5.74, 6) is 1.49. The molecule has 84 heavy (non-hydrogen) atoms. The third-order valence-corrected chi connectivity index (χ3v) is 17.2. The molecule has 11 aromatic carbocycles. The van der Waals surface area contributed by atoms with Gasteiger partial charge in [0.05, 0.1) is 5.41 Å². The van der Waals surface area contributed by atoms with Gasteiger partial charge in [-0.1, -0.05) is 243 Å². The zero-order valence-corrected chi connectivity index (χ0v) is 48.6. The van der Waals surface area contributed by atoms with E-state index in [1.165, 1.54) is 33.4 Å². The first-order valence-corrected chi connectivity index (χ1v) is 28.3.